The Morgan fingerprint density at radius 1 is 1.20 bits per heavy atom. The summed E-state index contributed by atoms with van der Waals surface area (Å²) in [6.07, 6.45) is 0. The first-order valence-electron chi connectivity index (χ1n) is 8.56. The van der Waals surface area contributed by atoms with Crippen molar-refractivity contribution in [2.45, 2.75) is 13.5 Å². The molecule has 1 saturated heterocycles. The average Bonchev–Trinajstić information content (AvgIpc) is 2.67. The van der Waals surface area contributed by atoms with Crippen LogP contribution in [0.1, 0.15) is 23.0 Å². The zero-order chi connectivity index (χ0) is 17.5. The molecule has 0 spiro atoms. The van der Waals surface area contributed by atoms with Crippen LogP contribution in [0.3, 0.4) is 0 Å². The molecular formula is C19H23N3O3. The van der Waals surface area contributed by atoms with Crippen molar-refractivity contribution in [3.8, 4) is 5.88 Å². The Hall–Kier alpha value is -2.60. The van der Waals surface area contributed by atoms with E-state index in [9.17, 15) is 4.79 Å². The van der Waals surface area contributed by atoms with Crippen LogP contribution in [0, 0.1) is 0 Å². The molecule has 1 N–H and O–H groups in total. The second-order valence-corrected chi connectivity index (χ2v) is 5.74. The van der Waals surface area contributed by atoms with Crippen molar-refractivity contribution in [2.75, 3.05) is 38.2 Å². The van der Waals surface area contributed by atoms with Crippen molar-refractivity contribution < 1.29 is 14.3 Å². The van der Waals surface area contributed by atoms with Crippen LogP contribution in [0.2, 0.25) is 0 Å². The number of nitrogens with zero attached hydrogens (tertiary/aromatic N) is 2. The summed E-state index contributed by atoms with van der Waals surface area (Å²) in [6, 6.07) is 13.3. The van der Waals surface area contributed by atoms with Crippen molar-refractivity contribution in [1.82, 2.24) is 9.88 Å². The van der Waals surface area contributed by atoms with Crippen molar-refractivity contribution >= 4 is 11.6 Å². The molecule has 1 amide bonds. The van der Waals surface area contributed by atoms with Gasteiger partial charge in [0.25, 0.3) is 5.91 Å². The normalized spacial score (nSPS) is 14.2. The van der Waals surface area contributed by atoms with E-state index < -0.39 is 0 Å². The number of anilines is 1. The summed E-state index contributed by atoms with van der Waals surface area (Å²) < 4.78 is 10.7. The SMILES string of the molecule is CCOc1cccc(CNc2ccc(C(=O)N3CCOCC3)cc2)n1. The number of hydrogen-bond acceptors (Lipinski definition) is 5. The molecule has 0 unspecified atom stereocenters. The number of carbonyl (C=O) groups excluding carboxylic acids is 1. The van der Waals surface area contributed by atoms with Crippen molar-refractivity contribution in [3.05, 3.63) is 53.7 Å². The highest BCUT2D eigenvalue weighted by molar-refractivity contribution is 5.94. The lowest BCUT2D eigenvalue weighted by molar-refractivity contribution is 0.0303. The Morgan fingerprint density at radius 2 is 1.96 bits per heavy atom. The molecule has 6 heteroatoms. The minimum atomic E-state index is 0.0564. The smallest absolute Gasteiger partial charge is 0.254 e. The number of hydrogen-bond donors (Lipinski definition) is 1. The van der Waals surface area contributed by atoms with Crippen LogP contribution in [0.4, 0.5) is 5.69 Å². The number of aromatic nitrogens is 1. The van der Waals surface area contributed by atoms with E-state index in [0.717, 1.165) is 11.4 Å². The van der Waals surface area contributed by atoms with Gasteiger partial charge in [0.2, 0.25) is 5.88 Å². The highest BCUT2D eigenvalue weighted by Crippen LogP contribution is 2.14. The zero-order valence-electron chi connectivity index (χ0n) is 14.4. The monoisotopic (exact) mass is 341 g/mol. The predicted molar refractivity (Wildman–Crippen MR) is 95.9 cm³/mol. The number of ether oxygens (including phenoxy) is 2. The molecule has 2 aromatic rings. The first-order valence-corrected chi connectivity index (χ1v) is 8.56. The molecular weight excluding hydrogens is 318 g/mol. The summed E-state index contributed by atoms with van der Waals surface area (Å²) in [4.78, 5) is 18.7. The molecule has 3 rings (SSSR count). The van der Waals surface area contributed by atoms with E-state index in [2.05, 4.69) is 10.3 Å². The maximum atomic E-state index is 12.4. The number of rotatable bonds is 6. The van der Waals surface area contributed by atoms with Gasteiger partial charge in [0.1, 0.15) is 0 Å². The minimum absolute atomic E-state index is 0.0564. The molecule has 1 aromatic carbocycles. The highest BCUT2D eigenvalue weighted by Gasteiger charge is 2.18. The van der Waals surface area contributed by atoms with Gasteiger partial charge in [-0.05, 0) is 37.3 Å². The first kappa shape index (κ1) is 17.2. The maximum Gasteiger partial charge on any atom is 0.254 e. The maximum absolute atomic E-state index is 12.4. The van der Waals surface area contributed by atoms with Crippen LogP contribution in [0.25, 0.3) is 0 Å². The lowest BCUT2D eigenvalue weighted by Gasteiger charge is -2.26. The molecule has 1 aliphatic rings. The molecule has 2 heterocycles. The fourth-order valence-corrected chi connectivity index (χ4v) is 2.66. The summed E-state index contributed by atoms with van der Waals surface area (Å²) in [5, 5.41) is 3.31. The Bertz CT molecular complexity index is 697. The molecule has 0 radical (unpaired) electrons. The Morgan fingerprint density at radius 3 is 2.68 bits per heavy atom. The van der Waals surface area contributed by atoms with Gasteiger partial charge in [-0.25, -0.2) is 4.98 Å². The number of amides is 1. The fraction of sp³-hybridized carbons (Fsp3) is 0.368. The molecule has 0 aliphatic carbocycles. The summed E-state index contributed by atoms with van der Waals surface area (Å²) in [6.45, 7) is 5.66. The number of benzene rings is 1. The number of nitrogens with one attached hydrogen (secondary N) is 1. The number of pyridine rings is 1. The third kappa shape index (κ3) is 4.70. The Balaban J connectivity index is 1.57. The average molecular weight is 341 g/mol. The third-order valence-electron chi connectivity index (χ3n) is 3.98. The van der Waals surface area contributed by atoms with Gasteiger partial charge in [-0.3, -0.25) is 4.79 Å². The second kappa shape index (κ2) is 8.48. The molecule has 132 valence electrons. The molecule has 25 heavy (non-hydrogen) atoms. The zero-order valence-corrected chi connectivity index (χ0v) is 14.4. The standard InChI is InChI=1S/C19H23N3O3/c1-2-25-18-5-3-4-17(21-18)14-20-16-8-6-15(7-9-16)19(23)22-10-12-24-13-11-22/h3-9,20H,2,10-14H2,1H3. The lowest BCUT2D eigenvalue weighted by atomic mass is 10.1. The van der Waals surface area contributed by atoms with Gasteiger partial charge in [-0.2, -0.15) is 0 Å². The van der Waals surface area contributed by atoms with E-state index >= 15 is 0 Å². The Kier molecular flexibility index (Phi) is 5.85. The van der Waals surface area contributed by atoms with Gasteiger partial charge >= 0.3 is 0 Å². The molecule has 0 saturated carbocycles. The molecule has 6 nitrogen and oxygen atoms in total. The van der Waals surface area contributed by atoms with Crippen LogP contribution in [0.15, 0.2) is 42.5 Å². The topological polar surface area (TPSA) is 63.7 Å². The van der Waals surface area contributed by atoms with Gasteiger partial charge < -0.3 is 19.7 Å². The quantitative estimate of drug-likeness (QED) is 0.875. The first-order chi connectivity index (χ1) is 12.3. The van der Waals surface area contributed by atoms with Crippen LogP contribution in [0.5, 0.6) is 5.88 Å². The van der Waals surface area contributed by atoms with Crippen LogP contribution < -0.4 is 10.1 Å². The second-order valence-electron chi connectivity index (χ2n) is 5.74. The predicted octanol–water partition coefficient (Wildman–Crippen LogP) is 2.56. The highest BCUT2D eigenvalue weighted by atomic mass is 16.5. The third-order valence-corrected chi connectivity index (χ3v) is 3.98. The summed E-state index contributed by atoms with van der Waals surface area (Å²) in [7, 11) is 0. The van der Waals surface area contributed by atoms with Gasteiger partial charge in [0.05, 0.1) is 32.1 Å². The molecule has 1 aromatic heterocycles. The molecule has 0 bridgehead atoms. The van der Waals surface area contributed by atoms with Crippen molar-refractivity contribution in [1.29, 1.82) is 0 Å². The van der Waals surface area contributed by atoms with Crippen LogP contribution >= 0.6 is 0 Å². The van der Waals surface area contributed by atoms with Gasteiger partial charge in [0, 0.05) is 30.4 Å². The van der Waals surface area contributed by atoms with E-state index in [1.807, 2.05) is 54.3 Å². The minimum Gasteiger partial charge on any atom is -0.478 e. The lowest BCUT2D eigenvalue weighted by Crippen LogP contribution is -2.40. The van der Waals surface area contributed by atoms with E-state index in [1.165, 1.54) is 0 Å². The van der Waals surface area contributed by atoms with Gasteiger partial charge in [0.15, 0.2) is 0 Å². The fourth-order valence-electron chi connectivity index (χ4n) is 2.66. The van der Waals surface area contributed by atoms with E-state index in [0.29, 0.717) is 50.9 Å². The number of carbonyl (C=O) groups is 1. The summed E-state index contributed by atoms with van der Waals surface area (Å²) >= 11 is 0. The number of morpholine rings is 1. The van der Waals surface area contributed by atoms with Crippen molar-refractivity contribution in [2.24, 2.45) is 0 Å². The van der Waals surface area contributed by atoms with Gasteiger partial charge in [-0.1, -0.05) is 6.07 Å². The molecule has 1 fully saturated rings. The van der Waals surface area contributed by atoms with Crippen molar-refractivity contribution in [3.63, 3.8) is 0 Å². The van der Waals surface area contributed by atoms with Crippen LogP contribution in [-0.4, -0.2) is 48.7 Å². The van der Waals surface area contributed by atoms with Gasteiger partial charge in [-0.15, -0.1) is 0 Å². The molecule has 1 aliphatic heterocycles. The van der Waals surface area contributed by atoms with E-state index in [-0.39, 0.29) is 5.91 Å². The Labute approximate surface area is 147 Å². The van der Waals surface area contributed by atoms with Crippen LogP contribution in [-0.2, 0) is 11.3 Å². The molecule has 0 atom stereocenters. The summed E-state index contributed by atoms with van der Waals surface area (Å²) in [5.41, 5.74) is 2.55. The van der Waals surface area contributed by atoms with E-state index in [4.69, 9.17) is 9.47 Å². The summed E-state index contributed by atoms with van der Waals surface area (Å²) in [5.74, 6) is 0.689. The largest absolute Gasteiger partial charge is 0.478 e. The van der Waals surface area contributed by atoms with E-state index in [1.54, 1.807) is 0 Å².